The number of hydrogen-bond donors (Lipinski definition) is 0. The van der Waals surface area contributed by atoms with Gasteiger partial charge in [-0.2, -0.15) is 0 Å². The van der Waals surface area contributed by atoms with Crippen LogP contribution in [0.1, 0.15) is 18.1 Å². The van der Waals surface area contributed by atoms with Gasteiger partial charge in [-0.1, -0.05) is 48.5 Å². The molecule has 0 spiro atoms. The number of methoxy groups -OCH3 is 1. The highest BCUT2D eigenvalue weighted by Gasteiger charge is 2.32. The predicted octanol–water partition coefficient (Wildman–Crippen LogP) is 7.81. The lowest BCUT2D eigenvalue weighted by Crippen LogP contribution is -2.28. The Kier molecular flexibility index (Phi) is 7.63. The van der Waals surface area contributed by atoms with Gasteiger partial charge in [0, 0.05) is 6.54 Å². The fourth-order valence-electron chi connectivity index (χ4n) is 4.09. The molecule has 0 saturated carbocycles. The van der Waals surface area contributed by atoms with Crippen LogP contribution in [0, 0.1) is 0 Å². The first kappa shape index (κ1) is 25.1. The predicted molar refractivity (Wildman–Crippen MR) is 155 cm³/mol. The second kappa shape index (κ2) is 11.2. The molecular weight excluding hydrogens is 548 g/mol. The monoisotopic (exact) mass is 572 g/mol. The highest BCUT2D eigenvalue weighted by atomic mass is 79.9. The van der Waals surface area contributed by atoms with Gasteiger partial charge in [-0.05, 0) is 99.0 Å². The molecule has 0 radical (unpaired) electrons. The van der Waals surface area contributed by atoms with Crippen molar-refractivity contribution in [1.29, 1.82) is 0 Å². The number of rotatable bonds is 7. The van der Waals surface area contributed by atoms with Crippen LogP contribution in [-0.2, 0) is 11.4 Å². The summed E-state index contributed by atoms with van der Waals surface area (Å²) < 4.78 is 12.2. The lowest BCUT2D eigenvalue weighted by molar-refractivity contribution is -0.122. The Morgan fingerprint density at radius 2 is 1.78 bits per heavy atom. The minimum absolute atomic E-state index is 0.0489. The first-order chi connectivity index (χ1) is 18.1. The summed E-state index contributed by atoms with van der Waals surface area (Å²) in [5.74, 6) is 1.46. The van der Waals surface area contributed by atoms with Crippen LogP contribution in [0.4, 0.5) is 5.69 Å². The molecule has 0 aliphatic carbocycles. The normalized spacial score (nSPS) is 15.6. The summed E-state index contributed by atoms with van der Waals surface area (Å²) in [5, 5.41) is 3.05. The van der Waals surface area contributed by atoms with Crippen LogP contribution in [0.3, 0.4) is 0 Å². The number of amides is 1. The maximum Gasteiger partial charge on any atom is 0.266 e. The third-order valence-electron chi connectivity index (χ3n) is 6.02. The number of hydrogen-bond acceptors (Lipinski definition) is 5. The van der Waals surface area contributed by atoms with Crippen molar-refractivity contribution in [2.45, 2.75) is 13.5 Å². The van der Waals surface area contributed by atoms with Gasteiger partial charge in [-0.3, -0.25) is 9.69 Å². The molecule has 7 heteroatoms. The molecule has 1 aliphatic rings. The molecule has 0 aromatic heterocycles. The zero-order chi connectivity index (χ0) is 25.8. The molecule has 4 aromatic carbocycles. The van der Waals surface area contributed by atoms with E-state index in [9.17, 15) is 4.79 Å². The SMILES string of the molecule is CCN1C(=O)/C(=C/c2ccc(OCc3cccc4ccccc34)c(Br)c2)SC1=Nc1ccc(OC)cc1. The smallest absolute Gasteiger partial charge is 0.266 e. The lowest BCUT2D eigenvalue weighted by Gasteiger charge is -2.12. The van der Waals surface area contributed by atoms with Crippen LogP contribution in [0.2, 0.25) is 0 Å². The Morgan fingerprint density at radius 3 is 2.54 bits per heavy atom. The molecule has 4 aromatic rings. The van der Waals surface area contributed by atoms with Gasteiger partial charge in [0.1, 0.15) is 18.1 Å². The molecule has 0 N–H and O–H groups in total. The summed E-state index contributed by atoms with van der Waals surface area (Å²) in [7, 11) is 1.63. The number of likely N-dealkylation sites (N-methyl/N-ethyl adjacent to an activating group) is 1. The molecule has 1 amide bonds. The molecule has 5 nitrogen and oxygen atoms in total. The minimum atomic E-state index is -0.0489. The van der Waals surface area contributed by atoms with Crippen molar-refractivity contribution >= 4 is 61.3 Å². The van der Waals surface area contributed by atoms with E-state index in [0.717, 1.165) is 32.8 Å². The molecule has 5 rings (SSSR count). The fraction of sp³-hybridized carbons (Fsp3) is 0.133. The van der Waals surface area contributed by atoms with Gasteiger partial charge in [0.2, 0.25) is 0 Å². The number of thioether (sulfide) groups is 1. The topological polar surface area (TPSA) is 51.1 Å². The maximum absolute atomic E-state index is 13.1. The van der Waals surface area contributed by atoms with E-state index in [4.69, 9.17) is 14.5 Å². The van der Waals surface area contributed by atoms with E-state index in [2.05, 4.69) is 40.2 Å². The van der Waals surface area contributed by atoms with E-state index in [1.54, 1.807) is 12.0 Å². The van der Waals surface area contributed by atoms with Gasteiger partial charge in [-0.25, -0.2) is 4.99 Å². The number of carbonyl (C=O) groups excluding carboxylic acids is 1. The average Bonchev–Trinajstić information content (AvgIpc) is 3.21. The number of amidine groups is 1. The molecule has 0 unspecified atom stereocenters. The molecule has 37 heavy (non-hydrogen) atoms. The number of fused-ring (bicyclic) bond motifs is 1. The first-order valence-corrected chi connectivity index (χ1v) is 13.5. The average molecular weight is 574 g/mol. The largest absolute Gasteiger partial charge is 0.497 e. The zero-order valence-electron chi connectivity index (χ0n) is 20.5. The van der Waals surface area contributed by atoms with Crippen molar-refractivity contribution in [2.75, 3.05) is 13.7 Å². The third kappa shape index (κ3) is 5.58. The highest BCUT2D eigenvalue weighted by molar-refractivity contribution is 9.10. The Balaban J connectivity index is 1.33. The van der Waals surface area contributed by atoms with Gasteiger partial charge >= 0.3 is 0 Å². The molecule has 1 saturated heterocycles. The first-order valence-electron chi connectivity index (χ1n) is 11.9. The Bertz CT molecular complexity index is 1510. The molecule has 0 bridgehead atoms. The number of carbonyl (C=O) groups is 1. The van der Waals surface area contributed by atoms with Crippen molar-refractivity contribution in [3.8, 4) is 11.5 Å². The summed E-state index contributed by atoms with van der Waals surface area (Å²) >= 11 is 5.02. The van der Waals surface area contributed by atoms with E-state index in [-0.39, 0.29) is 5.91 Å². The molecule has 186 valence electrons. The number of halogens is 1. The van der Waals surface area contributed by atoms with Crippen LogP contribution in [0.5, 0.6) is 11.5 Å². The number of aliphatic imine (C=N–C) groups is 1. The third-order valence-corrected chi connectivity index (χ3v) is 7.64. The second-order valence-electron chi connectivity index (χ2n) is 8.37. The van der Waals surface area contributed by atoms with Crippen molar-refractivity contribution in [1.82, 2.24) is 4.90 Å². The maximum atomic E-state index is 13.1. The van der Waals surface area contributed by atoms with Crippen LogP contribution >= 0.6 is 27.7 Å². The van der Waals surface area contributed by atoms with Crippen molar-refractivity contribution in [3.63, 3.8) is 0 Å². The van der Waals surface area contributed by atoms with Crippen molar-refractivity contribution < 1.29 is 14.3 Å². The molecule has 1 heterocycles. The van der Waals surface area contributed by atoms with E-state index >= 15 is 0 Å². The summed E-state index contributed by atoms with van der Waals surface area (Å²) in [6.45, 7) is 2.96. The quantitative estimate of drug-likeness (QED) is 0.212. The van der Waals surface area contributed by atoms with E-state index in [1.807, 2.05) is 73.7 Å². The Hall–Kier alpha value is -3.55. The number of ether oxygens (including phenoxy) is 2. The minimum Gasteiger partial charge on any atom is -0.497 e. The van der Waals surface area contributed by atoms with Crippen molar-refractivity contribution in [3.05, 3.63) is 105 Å². The summed E-state index contributed by atoms with van der Waals surface area (Å²) in [6.07, 6.45) is 1.89. The van der Waals surface area contributed by atoms with E-state index in [1.165, 1.54) is 22.5 Å². The summed E-state index contributed by atoms with van der Waals surface area (Å²) in [5.41, 5.74) is 2.81. The fourth-order valence-corrected chi connectivity index (χ4v) is 5.66. The number of nitrogens with zero attached hydrogens (tertiary/aromatic N) is 2. The highest BCUT2D eigenvalue weighted by Crippen LogP contribution is 2.35. The Morgan fingerprint density at radius 1 is 1.00 bits per heavy atom. The molecule has 1 aliphatic heterocycles. The molecular formula is C30H25BrN2O3S. The van der Waals surface area contributed by atoms with E-state index < -0.39 is 0 Å². The van der Waals surface area contributed by atoms with Gasteiger partial charge in [0.15, 0.2) is 5.17 Å². The summed E-state index contributed by atoms with van der Waals surface area (Å²) in [6, 6.07) is 27.8. The molecule has 0 atom stereocenters. The molecule has 1 fully saturated rings. The van der Waals surface area contributed by atoms with Crippen LogP contribution in [0.15, 0.2) is 99.3 Å². The summed E-state index contributed by atoms with van der Waals surface area (Å²) in [4.78, 5) is 20.1. The van der Waals surface area contributed by atoms with Crippen LogP contribution < -0.4 is 9.47 Å². The standard InChI is InChI=1S/C30H25BrN2O3S/c1-3-33-29(34)28(37-30(33)32-23-12-14-24(35-2)15-13-23)18-20-11-16-27(26(31)17-20)36-19-22-9-6-8-21-7-4-5-10-25(21)22/h4-18H,3,19H2,1-2H3/b28-18-,32-30?. The van der Waals surface area contributed by atoms with Crippen LogP contribution in [-0.4, -0.2) is 29.6 Å². The van der Waals surface area contributed by atoms with Crippen molar-refractivity contribution in [2.24, 2.45) is 4.99 Å². The van der Waals surface area contributed by atoms with Gasteiger partial charge in [0.05, 0.1) is 22.2 Å². The lowest BCUT2D eigenvalue weighted by atomic mass is 10.1. The zero-order valence-corrected chi connectivity index (χ0v) is 22.9. The Labute approximate surface area is 228 Å². The number of benzene rings is 4. The van der Waals surface area contributed by atoms with Crippen LogP contribution in [0.25, 0.3) is 16.8 Å². The van der Waals surface area contributed by atoms with E-state index in [0.29, 0.717) is 23.2 Å². The van der Waals surface area contributed by atoms with Gasteiger partial charge in [-0.15, -0.1) is 0 Å². The van der Waals surface area contributed by atoms with Gasteiger partial charge in [0.25, 0.3) is 5.91 Å². The van der Waals surface area contributed by atoms with Gasteiger partial charge < -0.3 is 9.47 Å². The second-order valence-corrected chi connectivity index (χ2v) is 10.2.